The van der Waals surface area contributed by atoms with Crippen molar-refractivity contribution in [1.29, 1.82) is 0 Å². The van der Waals surface area contributed by atoms with Gasteiger partial charge in [0.25, 0.3) is 5.91 Å². The van der Waals surface area contributed by atoms with Gasteiger partial charge in [-0.3, -0.25) is 4.79 Å². The van der Waals surface area contributed by atoms with Crippen LogP contribution in [0.25, 0.3) is 0 Å². The highest BCUT2D eigenvalue weighted by atomic mass is 127. The predicted octanol–water partition coefficient (Wildman–Crippen LogP) is 2.61. The monoisotopic (exact) mass is 557 g/mol. The minimum atomic E-state index is -0.223. The van der Waals surface area contributed by atoms with E-state index in [4.69, 9.17) is 5.11 Å². The molecule has 0 unspecified atom stereocenters. The number of hydrogen-bond donors (Lipinski definition) is 2. The molecule has 0 saturated carbocycles. The van der Waals surface area contributed by atoms with Gasteiger partial charge in [0.15, 0.2) is 0 Å². The Morgan fingerprint density at radius 2 is 2.06 bits per heavy atom. The Morgan fingerprint density at radius 1 is 1.44 bits per heavy atom. The van der Waals surface area contributed by atoms with Gasteiger partial charge in [0.2, 0.25) is 0 Å². The van der Waals surface area contributed by atoms with Crippen molar-refractivity contribution in [3.63, 3.8) is 0 Å². The molecule has 3 nitrogen and oxygen atoms in total. The molecule has 0 saturated heterocycles. The number of nitrogens with one attached hydrogen (secondary N) is 1. The van der Waals surface area contributed by atoms with Crippen LogP contribution in [0, 0.1) is 10.7 Å². The fourth-order valence-electron chi connectivity index (χ4n) is 1.07. The summed E-state index contributed by atoms with van der Waals surface area (Å²) < 4.78 is 3.04. The van der Waals surface area contributed by atoms with Crippen molar-refractivity contribution >= 4 is 73.7 Å². The Balaban J connectivity index is 2.99. The number of carbonyl (C=O) groups is 1. The molecule has 2 N–H and O–H groups in total. The van der Waals surface area contributed by atoms with E-state index in [-0.39, 0.29) is 18.6 Å². The first kappa shape index (κ1) is 14.9. The van der Waals surface area contributed by atoms with E-state index in [1.165, 1.54) is 0 Å². The molecule has 16 heavy (non-hydrogen) atoms. The summed E-state index contributed by atoms with van der Waals surface area (Å²) in [5.41, 5.74) is 0.664. The zero-order chi connectivity index (χ0) is 12.3. The molecule has 88 valence electrons. The molecule has 1 aromatic carbocycles. The van der Waals surface area contributed by atoms with Crippen molar-refractivity contribution < 1.29 is 9.90 Å². The van der Waals surface area contributed by atoms with E-state index >= 15 is 0 Å². The summed E-state index contributed by atoms with van der Waals surface area (Å²) in [6.07, 6.45) is 0. The summed E-state index contributed by atoms with van der Waals surface area (Å²) in [7, 11) is 0. The zero-order valence-electron chi connectivity index (χ0n) is 8.43. The van der Waals surface area contributed by atoms with Gasteiger partial charge < -0.3 is 10.4 Å². The van der Waals surface area contributed by atoms with Crippen molar-refractivity contribution in [1.82, 2.24) is 5.32 Å². The number of aliphatic hydroxyl groups excluding tert-OH is 1. The van der Waals surface area contributed by atoms with Crippen LogP contribution in [0.3, 0.4) is 0 Å². The fraction of sp³-hybridized carbons (Fsp3) is 0.300. The topological polar surface area (TPSA) is 49.3 Å². The van der Waals surface area contributed by atoms with Gasteiger partial charge in [-0.15, -0.1) is 0 Å². The van der Waals surface area contributed by atoms with Crippen LogP contribution in [0.1, 0.15) is 17.3 Å². The Bertz CT molecular complexity index is 409. The maximum atomic E-state index is 11.9. The van der Waals surface area contributed by atoms with E-state index in [0.29, 0.717) is 5.56 Å². The highest BCUT2D eigenvalue weighted by molar-refractivity contribution is 14.1. The van der Waals surface area contributed by atoms with Crippen LogP contribution in [0.15, 0.2) is 12.1 Å². The second kappa shape index (κ2) is 6.69. The van der Waals surface area contributed by atoms with E-state index in [9.17, 15) is 4.79 Å². The lowest BCUT2D eigenvalue weighted by atomic mass is 10.2. The summed E-state index contributed by atoms with van der Waals surface area (Å²) in [5.74, 6) is -0.137. The Labute approximate surface area is 135 Å². The molecule has 1 aromatic rings. The molecule has 0 aromatic heterocycles. The van der Waals surface area contributed by atoms with Gasteiger partial charge in [0, 0.05) is 16.8 Å². The summed E-state index contributed by atoms with van der Waals surface area (Å²) in [4.78, 5) is 11.9. The van der Waals surface area contributed by atoms with Crippen molar-refractivity contribution in [2.75, 3.05) is 6.61 Å². The van der Waals surface area contributed by atoms with Gasteiger partial charge in [0.05, 0.1) is 12.2 Å². The van der Waals surface area contributed by atoms with Crippen LogP contribution in [0.5, 0.6) is 0 Å². The average molecular weight is 557 g/mol. The highest BCUT2D eigenvalue weighted by Crippen LogP contribution is 2.22. The quantitative estimate of drug-likeness (QED) is 0.444. The fourth-order valence-corrected chi connectivity index (χ4v) is 3.47. The predicted molar refractivity (Wildman–Crippen MR) is 88.6 cm³/mol. The minimum Gasteiger partial charge on any atom is -0.394 e. The molecule has 1 rings (SSSR count). The molecule has 0 heterocycles. The van der Waals surface area contributed by atoms with Gasteiger partial charge >= 0.3 is 0 Å². The number of halogens is 3. The summed E-state index contributed by atoms with van der Waals surface area (Å²) in [6, 6.07) is 3.65. The Hall–Kier alpha value is 0.840. The molecule has 0 spiro atoms. The maximum Gasteiger partial charge on any atom is 0.252 e. The largest absolute Gasteiger partial charge is 0.394 e. The van der Waals surface area contributed by atoms with E-state index < -0.39 is 0 Å². The first-order valence-electron chi connectivity index (χ1n) is 4.52. The molecule has 1 amide bonds. The van der Waals surface area contributed by atoms with Gasteiger partial charge in [-0.1, -0.05) is 0 Å². The van der Waals surface area contributed by atoms with Crippen molar-refractivity contribution in [2.45, 2.75) is 13.0 Å². The van der Waals surface area contributed by atoms with Crippen LogP contribution >= 0.6 is 67.8 Å². The molecular formula is C10H10I3NO2. The number of amides is 1. The molecule has 1 atom stereocenters. The van der Waals surface area contributed by atoms with E-state index in [1.807, 2.05) is 12.1 Å². The second-order valence-corrected chi connectivity index (χ2v) is 6.79. The first-order valence-corrected chi connectivity index (χ1v) is 7.75. The van der Waals surface area contributed by atoms with Crippen molar-refractivity contribution in [3.05, 3.63) is 28.4 Å². The second-order valence-electron chi connectivity index (χ2n) is 3.31. The molecule has 0 aliphatic carbocycles. The van der Waals surface area contributed by atoms with Crippen LogP contribution in [-0.4, -0.2) is 23.7 Å². The zero-order valence-corrected chi connectivity index (χ0v) is 14.9. The lowest BCUT2D eigenvalue weighted by Crippen LogP contribution is -2.35. The van der Waals surface area contributed by atoms with Crippen LogP contribution in [-0.2, 0) is 0 Å². The number of rotatable bonds is 3. The van der Waals surface area contributed by atoms with Crippen LogP contribution in [0.4, 0.5) is 0 Å². The van der Waals surface area contributed by atoms with Crippen molar-refractivity contribution in [3.8, 4) is 0 Å². The third kappa shape index (κ3) is 3.95. The molecular weight excluding hydrogens is 547 g/mol. The lowest BCUT2D eigenvalue weighted by molar-refractivity contribution is 0.0921. The smallest absolute Gasteiger partial charge is 0.252 e. The number of benzene rings is 1. The van der Waals surface area contributed by atoms with Gasteiger partial charge in [-0.25, -0.2) is 0 Å². The highest BCUT2D eigenvalue weighted by Gasteiger charge is 2.15. The molecule has 0 aliphatic heterocycles. The van der Waals surface area contributed by atoms with E-state index in [0.717, 1.165) is 10.7 Å². The van der Waals surface area contributed by atoms with Crippen molar-refractivity contribution in [2.24, 2.45) is 0 Å². The molecule has 0 radical (unpaired) electrons. The third-order valence-corrected chi connectivity index (χ3v) is 5.56. The summed E-state index contributed by atoms with van der Waals surface area (Å²) in [5, 5.41) is 11.6. The average Bonchev–Trinajstić information content (AvgIpc) is 2.22. The number of hydrogen-bond acceptors (Lipinski definition) is 2. The van der Waals surface area contributed by atoms with Crippen LogP contribution < -0.4 is 5.32 Å². The maximum absolute atomic E-state index is 11.9. The van der Waals surface area contributed by atoms with E-state index in [1.54, 1.807) is 6.92 Å². The lowest BCUT2D eigenvalue weighted by Gasteiger charge is -2.12. The third-order valence-electron chi connectivity index (χ3n) is 1.89. The Morgan fingerprint density at radius 3 is 2.62 bits per heavy atom. The van der Waals surface area contributed by atoms with Crippen LogP contribution in [0.2, 0.25) is 0 Å². The summed E-state index contributed by atoms with van der Waals surface area (Å²) in [6.45, 7) is 1.72. The summed E-state index contributed by atoms with van der Waals surface area (Å²) >= 11 is 6.56. The first-order chi connectivity index (χ1) is 7.45. The standard InChI is InChI=1S/C10H10I3NO2/c1-5(4-15)14-10(16)7-2-6(11)3-8(12)9(7)13/h2-3,5,15H,4H2,1H3,(H,14,16)/t5-/m0/s1. The molecule has 0 fully saturated rings. The minimum absolute atomic E-state index is 0.0522. The molecule has 6 heteroatoms. The number of carbonyl (C=O) groups excluding carboxylic acids is 1. The van der Waals surface area contributed by atoms with Gasteiger partial charge in [0.1, 0.15) is 0 Å². The molecule has 0 bridgehead atoms. The SMILES string of the molecule is C[C@@H](CO)NC(=O)c1cc(I)cc(I)c1I. The number of aliphatic hydroxyl groups is 1. The Kier molecular flexibility index (Phi) is 6.23. The van der Waals surface area contributed by atoms with E-state index in [2.05, 4.69) is 73.1 Å². The molecule has 0 aliphatic rings. The van der Waals surface area contributed by atoms with Gasteiger partial charge in [-0.05, 0) is 86.8 Å². The van der Waals surface area contributed by atoms with Gasteiger partial charge in [-0.2, -0.15) is 0 Å². The normalized spacial score (nSPS) is 12.3.